The molecular formula is C8H7NO4. The Morgan fingerprint density at radius 3 is 2.77 bits per heavy atom. The Balaban J connectivity index is 3.13. The second kappa shape index (κ2) is 3.66. The van der Waals surface area contributed by atoms with Gasteiger partial charge in [-0.3, -0.25) is 0 Å². The van der Waals surface area contributed by atoms with Crippen molar-refractivity contribution in [3.05, 3.63) is 28.7 Å². The molecule has 1 rings (SSSR count). The highest BCUT2D eigenvalue weighted by Crippen LogP contribution is 2.26. The van der Waals surface area contributed by atoms with Crippen LogP contribution in [0.25, 0.3) is 0 Å². The molecule has 0 radical (unpaired) electrons. The molecule has 1 aromatic rings. The van der Waals surface area contributed by atoms with E-state index in [1.165, 1.54) is 19.2 Å². The average Bonchev–Trinajstić information content (AvgIpc) is 2.17. The lowest BCUT2D eigenvalue weighted by Crippen LogP contribution is -2.00. The van der Waals surface area contributed by atoms with Gasteiger partial charge in [0, 0.05) is 0 Å². The maximum absolute atomic E-state index is 10.9. The van der Waals surface area contributed by atoms with E-state index < -0.39 is 5.97 Å². The topological polar surface area (TPSA) is 76.0 Å². The Kier molecular flexibility index (Phi) is 2.59. The predicted molar refractivity (Wildman–Crippen MR) is 44.9 cm³/mol. The minimum atomic E-state index is -0.579. The quantitative estimate of drug-likeness (QED) is 0.555. The van der Waals surface area contributed by atoms with Crippen LogP contribution in [0.5, 0.6) is 5.75 Å². The van der Waals surface area contributed by atoms with Gasteiger partial charge in [0.05, 0.1) is 12.7 Å². The summed E-state index contributed by atoms with van der Waals surface area (Å²) in [5, 5.41) is 11.6. The SMILES string of the molecule is COC(=O)c1ccc(O)c(N=O)c1. The number of benzene rings is 1. The second-order valence-electron chi connectivity index (χ2n) is 2.29. The molecule has 5 heteroatoms. The van der Waals surface area contributed by atoms with Crippen LogP contribution in [0.2, 0.25) is 0 Å². The summed E-state index contributed by atoms with van der Waals surface area (Å²) in [6.45, 7) is 0. The van der Waals surface area contributed by atoms with Crippen molar-refractivity contribution >= 4 is 11.7 Å². The van der Waals surface area contributed by atoms with Crippen LogP contribution in [0.1, 0.15) is 10.4 Å². The van der Waals surface area contributed by atoms with Gasteiger partial charge in [-0.2, -0.15) is 0 Å². The first-order chi connectivity index (χ1) is 6.19. The molecule has 0 aliphatic rings. The van der Waals surface area contributed by atoms with Crippen LogP contribution in [0.15, 0.2) is 23.4 Å². The normalized spacial score (nSPS) is 9.31. The Labute approximate surface area is 73.9 Å². The number of aromatic hydroxyl groups is 1. The van der Waals surface area contributed by atoms with Crippen molar-refractivity contribution in [1.82, 2.24) is 0 Å². The van der Waals surface area contributed by atoms with Crippen LogP contribution in [0.3, 0.4) is 0 Å². The fraction of sp³-hybridized carbons (Fsp3) is 0.125. The van der Waals surface area contributed by atoms with Gasteiger partial charge in [0.1, 0.15) is 11.4 Å². The molecule has 0 bridgehead atoms. The summed E-state index contributed by atoms with van der Waals surface area (Å²) in [4.78, 5) is 21.1. The summed E-state index contributed by atoms with van der Waals surface area (Å²) in [6, 6.07) is 3.72. The Morgan fingerprint density at radius 1 is 1.54 bits per heavy atom. The number of esters is 1. The van der Waals surface area contributed by atoms with Gasteiger partial charge in [0.25, 0.3) is 0 Å². The largest absolute Gasteiger partial charge is 0.506 e. The summed E-state index contributed by atoms with van der Waals surface area (Å²) in [6.07, 6.45) is 0. The van der Waals surface area contributed by atoms with Gasteiger partial charge in [-0.25, -0.2) is 4.79 Å². The highest BCUT2D eigenvalue weighted by Gasteiger charge is 2.09. The molecule has 0 fully saturated rings. The maximum Gasteiger partial charge on any atom is 0.337 e. The summed E-state index contributed by atoms with van der Waals surface area (Å²) in [5.74, 6) is -0.840. The molecule has 0 aliphatic carbocycles. The molecule has 13 heavy (non-hydrogen) atoms. The molecule has 0 spiro atoms. The third kappa shape index (κ3) is 1.81. The summed E-state index contributed by atoms with van der Waals surface area (Å²) in [5.41, 5.74) is -0.00204. The maximum atomic E-state index is 10.9. The lowest BCUT2D eigenvalue weighted by molar-refractivity contribution is 0.0601. The van der Waals surface area contributed by atoms with E-state index in [-0.39, 0.29) is 17.0 Å². The number of hydrogen-bond acceptors (Lipinski definition) is 5. The van der Waals surface area contributed by atoms with Gasteiger partial charge >= 0.3 is 5.97 Å². The number of nitrogens with zero attached hydrogens (tertiary/aromatic N) is 1. The van der Waals surface area contributed by atoms with Crippen LogP contribution < -0.4 is 0 Å². The number of rotatable bonds is 2. The summed E-state index contributed by atoms with van der Waals surface area (Å²) < 4.78 is 4.41. The molecule has 0 aromatic heterocycles. The van der Waals surface area contributed by atoms with E-state index in [0.29, 0.717) is 0 Å². The molecule has 68 valence electrons. The zero-order valence-corrected chi connectivity index (χ0v) is 6.85. The zero-order chi connectivity index (χ0) is 9.84. The minimum Gasteiger partial charge on any atom is -0.506 e. The Hall–Kier alpha value is -1.91. The van der Waals surface area contributed by atoms with Crippen LogP contribution in [0, 0.1) is 4.91 Å². The summed E-state index contributed by atoms with van der Waals surface area (Å²) in [7, 11) is 1.23. The highest BCUT2D eigenvalue weighted by atomic mass is 16.5. The van der Waals surface area contributed by atoms with Crippen LogP contribution in [-0.4, -0.2) is 18.2 Å². The van der Waals surface area contributed by atoms with E-state index in [0.717, 1.165) is 6.07 Å². The number of carbonyl (C=O) groups excluding carboxylic acids is 1. The molecule has 5 nitrogen and oxygen atoms in total. The third-order valence-corrected chi connectivity index (χ3v) is 1.49. The van der Waals surface area contributed by atoms with Gasteiger partial charge in [0.2, 0.25) is 0 Å². The number of hydrogen-bond donors (Lipinski definition) is 1. The summed E-state index contributed by atoms with van der Waals surface area (Å²) >= 11 is 0. The van der Waals surface area contributed by atoms with Gasteiger partial charge in [-0.05, 0) is 23.4 Å². The van der Waals surface area contributed by atoms with E-state index in [1.54, 1.807) is 0 Å². The fourth-order valence-corrected chi connectivity index (χ4v) is 0.841. The number of carbonyl (C=O) groups is 1. The van der Waals surface area contributed by atoms with Gasteiger partial charge in [-0.1, -0.05) is 0 Å². The lowest BCUT2D eigenvalue weighted by Gasteiger charge is -1.99. The van der Waals surface area contributed by atoms with E-state index in [9.17, 15) is 9.70 Å². The standard InChI is InChI=1S/C8H7NO4/c1-13-8(11)5-2-3-7(10)6(4-5)9-12/h2-4,10H,1H3. The van der Waals surface area contributed by atoms with Crippen molar-refractivity contribution in [2.45, 2.75) is 0 Å². The van der Waals surface area contributed by atoms with Crippen LogP contribution >= 0.6 is 0 Å². The smallest absolute Gasteiger partial charge is 0.337 e. The predicted octanol–water partition coefficient (Wildman–Crippen LogP) is 1.58. The van der Waals surface area contributed by atoms with Crippen molar-refractivity contribution in [1.29, 1.82) is 0 Å². The van der Waals surface area contributed by atoms with Gasteiger partial charge in [-0.15, -0.1) is 4.91 Å². The number of nitroso groups, excluding NO2 is 1. The molecule has 0 unspecified atom stereocenters. The van der Waals surface area contributed by atoms with Crippen molar-refractivity contribution in [3.8, 4) is 5.75 Å². The fourth-order valence-electron chi connectivity index (χ4n) is 0.841. The van der Waals surface area contributed by atoms with E-state index in [4.69, 9.17) is 5.11 Å². The van der Waals surface area contributed by atoms with Gasteiger partial charge < -0.3 is 9.84 Å². The molecule has 0 atom stereocenters. The zero-order valence-electron chi connectivity index (χ0n) is 6.85. The first kappa shape index (κ1) is 9.18. The van der Waals surface area contributed by atoms with E-state index in [1.807, 2.05) is 0 Å². The third-order valence-electron chi connectivity index (χ3n) is 1.49. The van der Waals surface area contributed by atoms with Crippen molar-refractivity contribution in [3.63, 3.8) is 0 Å². The van der Waals surface area contributed by atoms with E-state index >= 15 is 0 Å². The van der Waals surface area contributed by atoms with Gasteiger partial charge in [0.15, 0.2) is 0 Å². The molecule has 0 aliphatic heterocycles. The van der Waals surface area contributed by atoms with Crippen LogP contribution in [0.4, 0.5) is 5.69 Å². The Morgan fingerprint density at radius 2 is 2.23 bits per heavy atom. The number of methoxy groups -OCH3 is 1. The number of phenolic OH excluding ortho intramolecular Hbond substituents is 1. The minimum absolute atomic E-state index is 0.176. The second-order valence-corrected chi connectivity index (χ2v) is 2.29. The first-order valence-corrected chi connectivity index (χ1v) is 3.43. The molecule has 0 heterocycles. The molecule has 0 saturated carbocycles. The van der Waals surface area contributed by atoms with E-state index in [2.05, 4.69) is 9.91 Å². The number of ether oxygens (including phenoxy) is 1. The lowest BCUT2D eigenvalue weighted by atomic mass is 10.2. The monoisotopic (exact) mass is 181 g/mol. The highest BCUT2D eigenvalue weighted by molar-refractivity contribution is 5.90. The molecule has 1 aromatic carbocycles. The van der Waals surface area contributed by atoms with Crippen molar-refractivity contribution in [2.75, 3.05) is 7.11 Å². The number of phenols is 1. The molecule has 1 N–H and O–H groups in total. The molecule has 0 amide bonds. The first-order valence-electron chi connectivity index (χ1n) is 3.43. The molecular weight excluding hydrogens is 174 g/mol. The van der Waals surface area contributed by atoms with Crippen molar-refractivity contribution in [2.24, 2.45) is 5.18 Å². The van der Waals surface area contributed by atoms with Crippen molar-refractivity contribution < 1.29 is 14.6 Å². The van der Waals surface area contributed by atoms with Crippen LogP contribution in [-0.2, 0) is 4.74 Å². The molecule has 0 saturated heterocycles. The average molecular weight is 181 g/mol. The Bertz CT molecular complexity index is 348.